The molecule has 1 aliphatic rings. The average molecular weight is 460 g/mol. The summed E-state index contributed by atoms with van der Waals surface area (Å²) in [5, 5.41) is 2.38. The highest BCUT2D eigenvalue weighted by molar-refractivity contribution is 9.09. The second kappa shape index (κ2) is 7.76. The zero-order valence-electron chi connectivity index (χ0n) is 16.1. The highest BCUT2D eigenvalue weighted by Crippen LogP contribution is 2.45. The van der Waals surface area contributed by atoms with Gasteiger partial charge in [0.05, 0.1) is 29.9 Å². The molecule has 1 aromatic carbocycles. The Morgan fingerprint density at radius 2 is 2.07 bits per heavy atom. The van der Waals surface area contributed by atoms with Crippen LogP contribution in [0.1, 0.15) is 29.9 Å². The second-order valence-electron chi connectivity index (χ2n) is 7.05. The molecule has 0 radical (unpaired) electrons. The fourth-order valence-electron chi connectivity index (χ4n) is 3.76. The van der Waals surface area contributed by atoms with Gasteiger partial charge in [-0.05, 0) is 55.5 Å². The third-order valence-electron chi connectivity index (χ3n) is 4.90. The Hall–Kier alpha value is -2.05. The first-order valence-electron chi connectivity index (χ1n) is 9.28. The predicted octanol–water partition coefficient (Wildman–Crippen LogP) is 5.81. The highest BCUT2D eigenvalue weighted by atomic mass is 79.9. The lowest BCUT2D eigenvalue weighted by Gasteiger charge is -2.24. The lowest BCUT2D eigenvalue weighted by atomic mass is 9.95. The largest absolute Gasteiger partial charge is 0.493 e. The minimum absolute atomic E-state index is 0.0460. The van der Waals surface area contributed by atoms with Crippen molar-refractivity contribution in [1.82, 2.24) is 4.57 Å². The van der Waals surface area contributed by atoms with Crippen molar-refractivity contribution in [3.63, 3.8) is 0 Å². The minimum Gasteiger partial charge on any atom is -0.493 e. The molecule has 28 heavy (non-hydrogen) atoms. The number of fused-ring (bicyclic) bond motifs is 3. The van der Waals surface area contributed by atoms with Crippen LogP contribution in [0.5, 0.6) is 11.5 Å². The molecular formula is C22H22BrNO3S. The standard InChI is InChI=1S/C22H22BrNO3S/c1-13(2)27-20-11-15-14(9-19(20)26-3)6-7-24-17(18(25)12-23)10-16(22(15)24)21-5-4-8-28-21/h4-5,8-11,13H,6-7,12H2,1-3H3. The van der Waals surface area contributed by atoms with Crippen LogP contribution in [-0.2, 0) is 13.0 Å². The van der Waals surface area contributed by atoms with Crippen molar-refractivity contribution in [3.8, 4) is 33.2 Å². The van der Waals surface area contributed by atoms with Gasteiger partial charge in [-0.1, -0.05) is 22.0 Å². The van der Waals surface area contributed by atoms with Gasteiger partial charge in [0.25, 0.3) is 0 Å². The Balaban J connectivity index is 1.97. The summed E-state index contributed by atoms with van der Waals surface area (Å²) < 4.78 is 13.8. The summed E-state index contributed by atoms with van der Waals surface area (Å²) in [7, 11) is 1.67. The van der Waals surface area contributed by atoms with Crippen LogP contribution in [-0.4, -0.2) is 28.9 Å². The van der Waals surface area contributed by atoms with E-state index in [1.165, 1.54) is 5.56 Å². The molecule has 0 amide bonds. The van der Waals surface area contributed by atoms with Crippen LogP contribution >= 0.6 is 27.3 Å². The smallest absolute Gasteiger partial charge is 0.189 e. The molecule has 3 aromatic rings. The molecule has 4 nitrogen and oxygen atoms in total. The van der Waals surface area contributed by atoms with E-state index in [9.17, 15) is 4.79 Å². The van der Waals surface area contributed by atoms with Crippen molar-refractivity contribution in [3.05, 3.63) is 47.0 Å². The number of rotatable bonds is 6. The molecule has 1 aliphatic heterocycles. The number of Topliss-reactive ketones (excluding diaryl/α,β-unsaturated/α-hetero) is 1. The molecule has 4 rings (SSSR count). The SMILES string of the molecule is COc1cc2c(cc1OC(C)C)-c1c(-c3cccs3)cc(C(=O)CBr)n1CC2. The van der Waals surface area contributed by atoms with Crippen molar-refractivity contribution >= 4 is 33.0 Å². The van der Waals surface area contributed by atoms with E-state index in [1.807, 2.05) is 26.0 Å². The first kappa shape index (κ1) is 19.3. The summed E-state index contributed by atoms with van der Waals surface area (Å²) in [6.07, 6.45) is 0.895. The van der Waals surface area contributed by atoms with Gasteiger partial charge in [-0.2, -0.15) is 0 Å². The van der Waals surface area contributed by atoms with Crippen LogP contribution in [0.25, 0.3) is 21.7 Å². The number of ether oxygens (including phenoxy) is 2. The number of benzene rings is 1. The van der Waals surface area contributed by atoms with E-state index in [1.54, 1.807) is 18.4 Å². The van der Waals surface area contributed by atoms with Gasteiger partial charge in [-0.3, -0.25) is 4.79 Å². The zero-order valence-corrected chi connectivity index (χ0v) is 18.5. The van der Waals surface area contributed by atoms with Gasteiger partial charge < -0.3 is 14.0 Å². The van der Waals surface area contributed by atoms with E-state index >= 15 is 0 Å². The zero-order chi connectivity index (χ0) is 19.8. The second-order valence-corrected chi connectivity index (χ2v) is 8.56. The number of aryl methyl sites for hydroxylation is 1. The number of aromatic nitrogens is 1. The third-order valence-corrected chi connectivity index (χ3v) is 6.32. The molecule has 0 atom stereocenters. The van der Waals surface area contributed by atoms with E-state index in [0.717, 1.165) is 51.9 Å². The summed E-state index contributed by atoms with van der Waals surface area (Å²) in [5.41, 5.74) is 5.27. The van der Waals surface area contributed by atoms with Crippen molar-refractivity contribution in [2.24, 2.45) is 0 Å². The number of halogens is 1. The summed E-state index contributed by atoms with van der Waals surface area (Å²) in [4.78, 5) is 13.7. The first-order chi connectivity index (χ1) is 13.5. The first-order valence-corrected chi connectivity index (χ1v) is 11.3. The number of carbonyl (C=O) groups is 1. The summed E-state index contributed by atoms with van der Waals surface area (Å²) in [5.74, 6) is 1.58. The Morgan fingerprint density at radius 1 is 1.25 bits per heavy atom. The third kappa shape index (κ3) is 3.29. The Morgan fingerprint density at radius 3 is 2.71 bits per heavy atom. The monoisotopic (exact) mass is 459 g/mol. The molecule has 146 valence electrons. The number of nitrogens with zero attached hydrogens (tertiary/aromatic N) is 1. The molecule has 0 N–H and O–H groups in total. The quantitative estimate of drug-likeness (QED) is 0.344. The van der Waals surface area contributed by atoms with Crippen LogP contribution in [0, 0.1) is 0 Å². The number of thiophene rings is 1. The maximum absolute atomic E-state index is 12.6. The van der Waals surface area contributed by atoms with Crippen LogP contribution in [0.3, 0.4) is 0 Å². The van der Waals surface area contributed by atoms with E-state index in [0.29, 0.717) is 5.33 Å². The molecule has 0 aliphatic carbocycles. The van der Waals surface area contributed by atoms with Gasteiger partial charge in [0, 0.05) is 22.5 Å². The van der Waals surface area contributed by atoms with Gasteiger partial charge in [0.1, 0.15) is 0 Å². The van der Waals surface area contributed by atoms with E-state index in [4.69, 9.17) is 9.47 Å². The van der Waals surface area contributed by atoms with Gasteiger partial charge in [-0.25, -0.2) is 0 Å². The summed E-state index contributed by atoms with van der Waals surface area (Å²) in [6.45, 7) is 4.78. The van der Waals surface area contributed by atoms with Crippen LogP contribution < -0.4 is 9.47 Å². The van der Waals surface area contributed by atoms with E-state index in [2.05, 4.69) is 44.1 Å². The molecule has 0 spiro atoms. The summed E-state index contributed by atoms with van der Waals surface area (Å²) >= 11 is 5.02. The highest BCUT2D eigenvalue weighted by Gasteiger charge is 2.28. The lowest BCUT2D eigenvalue weighted by Crippen LogP contribution is -2.17. The van der Waals surface area contributed by atoms with E-state index < -0.39 is 0 Å². The predicted molar refractivity (Wildman–Crippen MR) is 117 cm³/mol. The molecule has 0 bridgehead atoms. The number of alkyl halides is 1. The maximum atomic E-state index is 12.6. The Bertz CT molecular complexity index is 1020. The molecule has 3 heterocycles. The molecular weight excluding hydrogens is 438 g/mol. The van der Waals surface area contributed by atoms with Crippen molar-refractivity contribution in [2.75, 3.05) is 12.4 Å². The number of hydrogen-bond acceptors (Lipinski definition) is 4. The summed E-state index contributed by atoms with van der Waals surface area (Å²) in [6, 6.07) is 10.3. The van der Waals surface area contributed by atoms with Gasteiger partial charge in [0.2, 0.25) is 0 Å². The van der Waals surface area contributed by atoms with Crippen LogP contribution in [0.4, 0.5) is 0 Å². The molecule has 2 aromatic heterocycles. The van der Waals surface area contributed by atoms with Gasteiger partial charge in [-0.15, -0.1) is 11.3 Å². The Kier molecular flexibility index (Phi) is 5.34. The molecule has 0 unspecified atom stereocenters. The number of hydrogen-bond donors (Lipinski definition) is 0. The van der Waals surface area contributed by atoms with Gasteiger partial charge >= 0.3 is 0 Å². The molecule has 6 heteroatoms. The van der Waals surface area contributed by atoms with Crippen LogP contribution in [0.15, 0.2) is 35.7 Å². The number of carbonyl (C=O) groups excluding carboxylic acids is 1. The van der Waals surface area contributed by atoms with Crippen LogP contribution in [0.2, 0.25) is 0 Å². The van der Waals surface area contributed by atoms with Gasteiger partial charge in [0.15, 0.2) is 17.3 Å². The Labute approximate surface area is 177 Å². The van der Waals surface area contributed by atoms with Crippen molar-refractivity contribution in [1.29, 1.82) is 0 Å². The van der Waals surface area contributed by atoms with Crippen molar-refractivity contribution in [2.45, 2.75) is 32.9 Å². The number of methoxy groups -OCH3 is 1. The maximum Gasteiger partial charge on any atom is 0.189 e. The molecule has 0 saturated carbocycles. The molecule has 0 fully saturated rings. The lowest BCUT2D eigenvalue weighted by molar-refractivity contribution is 0.101. The topological polar surface area (TPSA) is 40.5 Å². The molecule has 0 saturated heterocycles. The fraction of sp³-hybridized carbons (Fsp3) is 0.318. The minimum atomic E-state index is 0.0460. The van der Waals surface area contributed by atoms with E-state index in [-0.39, 0.29) is 11.9 Å². The fourth-order valence-corrected chi connectivity index (χ4v) is 4.79. The average Bonchev–Trinajstić information content (AvgIpc) is 3.34. The normalized spacial score (nSPS) is 12.6. The van der Waals surface area contributed by atoms with Crippen molar-refractivity contribution < 1.29 is 14.3 Å². The number of ketones is 1.